The molecule has 2 N–H and O–H groups in total. The van der Waals surface area contributed by atoms with Crippen LogP contribution in [-0.4, -0.2) is 42.5 Å². The average molecular weight is 304 g/mol. The highest BCUT2D eigenvalue weighted by atomic mass is 16.2. The van der Waals surface area contributed by atoms with Crippen LogP contribution in [0, 0.1) is 5.41 Å². The molecule has 2 rings (SSSR count). The van der Waals surface area contributed by atoms with Crippen molar-refractivity contribution in [1.29, 1.82) is 0 Å². The Labute approximate surface area is 131 Å². The largest absolute Gasteiger partial charge is 0.343 e. The Bertz CT molecular complexity index is 551. The van der Waals surface area contributed by atoms with E-state index in [1.165, 1.54) is 23.9 Å². The maximum absolute atomic E-state index is 12.0. The fourth-order valence-electron chi connectivity index (χ4n) is 2.73. The van der Waals surface area contributed by atoms with E-state index in [4.69, 9.17) is 0 Å². The van der Waals surface area contributed by atoms with Crippen LogP contribution in [0.25, 0.3) is 0 Å². The van der Waals surface area contributed by atoms with Gasteiger partial charge < -0.3 is 15.5 Å². The van der Waals surface area contributed by atoms with Crippen molar-refractivity contribution < 1.29 is 9.59 Å². The molecule has 1 heterocycles. The third-order valence-electron chi connectivity index (χ3n) is 4.13. The second-order valence-corrected chi connectivity index (χ2v) is 6.45. The fourth-order valence-corrected chi connectivity index (χ4v) is 2.73. The van der Waals surface area contributed by atoms with Crippen LogP contribution in [0.4, 0.5) is 10.5 Å². The van der Waals surface area contributed by atoms with E-state index in [0.29, 0.717) is 17.9 Å². The molecule has 22 heavy (non-hydrogen) atoms. The molecule has 1 aliphatic carbocycles. The number of urea groups is 1. The molecule has 3 amide bonds. The summed E-state index contributed by atoms with van der Waals surface area (Å²) >= 11 is 0. The third-order valence-corrected chi connectivity index (χ3v) is 4.13. The lowest BCUT2D eigenvalue weighted by Crippen LogP contribution is -2.36. The molecule has 0 atom stereocenters. The van der Waals surface area contributed by atoms with Crippen molar-refractivity contribution in [3.8, 4) is 0 Å². The standard InChI is InChI=1S/C16H24N4O2/c1-16(7-4-5-8-16)11-18-15(22)19-12-6-9-17-13(10-12)14(21)20(2)3/h6,9-10H,4-5,7-8,11H2,1-3H3,(H2,17,18,19,22). The van der Waals surface area contributed by atoms with E-state index in [-0.39, 0.29) is 17.4 Å². The number of nitrogens with one attached hydrogen (secondary N) is 2. The SMILES string of the molecule is CN(C)C(=O)c1cc(NC(=O)NCC2(C)CCCC2)ccn1. The number of carbonyl (C=O) groups is 2. The van der Waals surface area contributed by atoms with E-state index in [1.54, 1.807) is 26.2 Å². The van der Waals surface area contributed by atoms with Crippen LogP contribution in [-0.2, 0) is 0 Å². The first-order chi connectivity index (χ1) is 10.4. The molecule has 0 aromatic carbocycles. The van der Waals surface area contributed by atoms with Gasteiger partial charge in [-0.05, 0) is 30.4 Å². The van der Waals surface area contributed by atoms with Crippen LogP contribution in [0.3, 0.4) is 0 Å². The lowest BCUT2D eigenvalue weighted by molar-refractivity contribution is 0.0822. The van der Waals surface area contributed by atoms with E-state index in [0.717, 1.165) is 12.8 Å². The molecule has 1 aromatic heterocycles. The number of amides is 3. The number of anilines is 1. The normalized spacial score (nSPS) is 16.1. The lowest BCUT2D eigenvalue weighted by Gasteiger charge is -2.23. The molecule has 0 aliphatic heterocycles. The zero-order chi connectivity index (χ0) is 16.2. The van der Waals surface area contributed by atoms with Gasteiger partial charge in [-0.2, -0.15) is 0 Å². The Morgan fingerprint density at radius 1 is 1.32 bits per heavy atom. The van der Waals surface area contributed by atoms with Crippen LogP contribution in [0.15, 0.2) is 18.3 Å². The molecule has 1 aliphatic rings. The van der Waals surface area contributed by atoms with E-state index in [1.807, 2.05) is 0 Å². The lowest BCUT2D eigenvalue weighted by atomic mass is 9.89. The first-order valence-electron chi connectivity index (χ1n) is 7.62. The van der Waals surface area contributed by atoms with Gasteiger partial charge in [-0.25, -0.2) is 4.79 Å². The van der Waals surface area contributed by atoms with E-state index < -0.39 is 0 Å². The zero-order valence-electron chi connectivity index (χ0n) is 13.5. The Balaban J connectivity index is 1.91. The molecule has 6 nitrogen and oxygen atoms in total. The maximum atomic E-state index is 12.0. The van der Waals surface area contributed by atoms with Crippen LogP contribution in [0.2, 0.25) is 0 Å². The zero-order valence-corrected chi connectivity index (χ0v) is 13.5. The first-order valence-corrected chi connectivity index (χ1v) is 7.62. The highest BCUT2D eigenvalue weighted by Gasteiger charge is 2.28. The Morgan fingerprint density at radius 2 is 2.00 bits per heavy atom. The van der Waals surface area contributed by atoms with Crippen LogP contribution < -0.4 is 10.6 Å². The van der Waals surface area contributed by atoms with Crippen molar-refractivity contribution in [3.05, 3.63) is 24.0 Å². The summed E-state index contributed by atoms with van der Waals surface area (Å²) in [6.07, 6.45) is 6.30. The number of pyridine rings is 1. The Hall–Kier alpha value is -2.11. The highest BCUT2D eigenvalue weighted by molar-refractivity contribution is 5.95. The van der Waals surface area contributed by atoms with Gasteiger partial charge in [0.15, 0.2) is 0 Å². The van der Waals surface area contributed by atoms with Gasteiger partial charge >= 0.3 is 6.03 Å². The third kappa shape index (κ3) is 4.19. The Morgan fingerprint density at radius 3 is 2.64 bits per heavy atom. The van der Waals surface area contributed by atoms with Gasteiger partial charge in [0.2, 0.25) is 0 Å². The van der Waals surface area contributed by atoms with Gasteiger partial charge in [0, 0.05) is 32.5 Å². The van der Waals surface area contributed by atoms with Crippen molar-refractivity contribution >= 4 is 17.6 Å². The summed E-state index contributed by atoms with van der Waals surface area (Å²) < 4.78 is 0. The van der Waals surface area contributed by atoms with Gasteiger partial charge in [0.05, 0.1) is 0 Å². The van der Waals surface area contributed by atoms with Crippen molar-refractivity contribution in [2.24, 2.45) is 5.41 Å². The van der Waals surface area contributed by atoms with Gasteiger partial charge in [-0.3, -0.25) is 9.78 Å². The minimum Gasteiger partial charge on any atom is -0.343 e. The predicted octanol–water partition coefficient (Wildman–Crippen LogP) is 2.49. The molecule has 0 spiro atoms. The summed E-state index contributed by atoms with van der Waals surface area (Å²) in [5, 5.41) is 5.68. The van der Waals surface area contributed by atoms with Gasteiger partial charge in [-0.15, -0.1) is 0 Å². The molecular weight excluding hydrogens is 280 g/mol. The molecule has 6 heteroatoms. The van der Waals surface area contributed by atoms with Crippen molar-refractivity contribution in [1.82, 2.24) is 15.2 Å². The van der Waals surface area contributed by atoms with E-state index in [2.05, 4.69) is 22.5 Å². The van der Waals surface area contributed by atoms with Gasteiger partial charge in [0.1, 0.15) is 5.69 Å². The summed E-state index contributed by atoms with van der Waals surface area (Å²) in [5.74, 6) is -0.192. The summed E-state index contributed by atoms with van der Waals surface area (Å²) in [5.41, 5.74) is 1.08. The number of carbonyl (C=O) groups excluding carboxylic acids is 2. The van der Waals surface area contributed by atoms with Gasteiger partial charge in [-0.1, -0.05) is 19.8 Å². The van der Waals surface area contributed by atoms with Crippen LogP contribution in [0.1, 0.15) is 43.1 Å². The monoisotopic (exact) mass is 304 g/mol. The minimum atomic E-state index is -0.248. The quantitative estimate of drug-likeness (QED) is 0.897. The number of aromatic nitrogens is 1. The number of hydrogen-bond acceptors (Lipinski definition) is 3. The maximum Gasteiger partial charge on any atom is 0.319 e. The van der Waals surface area contributed by atoms with Crippen molar-refractivity contribution in [3.63, 3.8) is 0 Å². The van der Waals surface area contributed by atoms with Crippen molar-refractivity contribution in [2.75, 3.05) is 26.0 Å². The molecular formula is C16H24N4O2. The second kappa shape index (κ2) is 6.77. The summed E-state index contributed by atoms with van der Waals surface area (Å²) in [4.78, 5) is 29.3. The van der Waals surface area contributed by atoms with Gasteiger partial charge in [0.25, 0.3) is 5.91 Å². The highest BCUT2D eigenvalue weighted by Crippen LogP contribution is 2.36. The molecule has 120 valence electrons. The molecule has 0 radical (unpaired) electrons. The Kier molecular flexibility index (Phi) is 5.00. The van der Waals surface area contributed by atoms with Crippen molar-refractivity contribution in [2.45, 2.75) is 32.6 Å². The predicted molar refractivity (Wildman–Crippen MR) is 85.9 cm³/mol. The number of hydrogen-bond donors (Lipinski definition) is 2. The smallest absolute Gasteiger partial charge is 0.319 e. The molecule has 0 saturated heterocycles. The first kappa shape index (κ1) is 16.3. The van der Waals surface area contributed by atoms with E-state index in [9.17, 15) is 9.59 Å². The second-order valence-electron chi connectivity index (χ2n) is 6.45. The number of nitrogens with zero attached hydrogens (tertiary/aromatic N) is 2. The van der Waals surface area contributed by atoms with E-state index >= 15 is 0 Å². The van der Waals surface area contributed by atoms with Crippen LogP contribution >= 0.6 is 0 Å². The topological polar surface area (TPSA) is 74.3 Å². The summed E-state index contributed by atoms with van der Waals surface area (Å²) in [6, 6.07) is 3.00. The average Bonchev–Trinajstić information content (AvgIpc) is 2.92. The minimum absolute atomic E-state index is 0.192. The van der Waals surface area contributed by atoms with Crippen LogP contribution in [0.5, 0.6) is 0 Å². The molecule has 0 unspecified atom stereocenters. The molecule has 0 bridgehead atoms. The fraction of sp³-hybridized carbons (Fsp3) is 0.562. The molecule has 1 aromatic rings. The number of rotatable bonds is 4. The molecule has 1 fully saturated rings. The summed E-state index contributed by atoms with van der Waals surface area (Å²) in [6.45, 7) is 2.88. The molecule has 1 saturated carbocycles. The summed E-state index contributed by atoms with van der Waals surface area (Å²) in [7, 11) is 3.33.